The summed E-state index contributed by atoms with van der Waals surface area (Å²) in [5, 5.41) is 22.8. The van der Waals surface area contributed by atoms with E-state index in [4.69, 9.17) is 0 Å². The van der Waals surface area contributed by atoms with E-state index in [1.165, 1.54) is 12.1 Å². The Morgan fingerprint density at radius 3 is 1.32 bits per heavy atom. The maximum Gasteiger partial charge on any atom is 4.00 e. The van der Waals surface area contributed by atoms with Crippen LogP contribution in [0.25, 0.3) is 21.8 Å². The number of hydrogen-bond donors (Lipinski definition) is 0. The molecule has 0 atom stereocenters. The molecule has 0 aliphatic rings. The van der Waals surface area contributed by atoms with Crippen LogP contribution < -0.4 is 10.2 Å². The number of hydrogen-bond acceptors (Lipinski definition) is 6. The number of aromatic nitrogens is 2. The zero-order chi connectivity index (χ0) is 18.5. The van der Waals surface area contributed by atoms with Crippen LogP contribution in [0.2, 0.25) is 0 Å². The Morgan fingerprint density at radius 1 is 0.607 bits per heavy atom. The molecule has 0 saturated carbocycles. The molecule has 0 spiro atoms. The van der Waals surface area contributed by atoms with Crippen molar-refractivity contribution in [1.82, 2.24) is 9.97 Å². The van der Waals surface area contributed by atoms with Gasteiger partial charge < -0.3 is 19.8 Å². The number of carboxylic acid groups (broad SMARTS) is 2. The number of carboxylic acids is 2. The van der Waals surface area contributed by atoms with E-state index in [-0.39, 0.29) is 63.4 Å². The van der Waals surface area contributed by atoms with Crippen LogP contribution in [0.1, 0.15) is 21.0 Å². The average Bonchev–Trinajstić information content (AvgIpc) is 2.67. The summed E-state index contributed by atoms with van der Waals surface area (Å²) in [4.78, 5) is 28.8. The zero-order valence-electron chi connectivity index (χ0n) is 14.5. The molecular weight excluding hydrogens is 468 g/mol. The first kappa shape index (κ1) is 24.0. The molecule has 0 radical (unpaired) electrons. The molecule has 6 nitrogen and oxygen atoms in total. The Hall–Kier alpha value is -2.05. The maximum absolute atomic E-state index is 10.5. The minimum atomic E-state index is -1.24. The van der Waals surface area contributed by atoms with Crippen molar-refractivity contribution in [3.05, 3.63) is 84.2 Å². The Labute approximate surface area is 198 Å². The molecule has 0 fully saturated rings. The van der Waals surface area contributed by atoms with Crippen molar-refractivity contribution in [2.75, 3.05) is 0 Å². The number of aromatic carboxylic acids is 2. The van der Waals surface area contributed by atoms with Crippen LogP contribution in [0, 0.1) is 0 Å². The van der Waals surface area contributed by atoms with Gasteiger partial charge in [0.05, 0.1) is 34.4 Å². The van der Waals surface area contributed by atoms with Gasteiger partial charge >= 0.3 is 52.0 Å². The van der Waals surface area contributed by atoms with E-state index in [1.807, 2.05) is 36.4 Å². The monoisotopic (exact) mass is 479 g/mol. The van der Waals surface area contributed by atoms with Crippen LogP contribution in [0.3, 0.4) is 0 Å². The fourth-order valence-electron chi connectivity index (χ4n) is 2.36. The second-order valence-corrected chi connectivity index (χ2v) is 5.35. The molecule has 2 aromatic heterocycles. The number of para-hydroxylation sites is 2. The summed E-state index contributed by atoms with van der Waals surface area (Å²) in [5.41, 5.74) is 1.28. The number of carbonyl (C=O) groups excluding carboxylic acids is 2. The van der Waals surface area contributed by atoms with E-state index in [2.05, 4.69) is 9.97 Å². The molecule has 0 N–H and O–H groups in total. The fourth-order valence-corrected chi connectivity index (χ4v) is 2.36. The normalized spacial score (nSPS) is 9.43. The van der Waals surface area contributed by atoms with E-state index in [0.29, 0.717) is 11.0 Å². The quantitative estimate of drug-likeness (QED) is 0.427. The molecule has 128 valence electrons. The van der Waals surface area contributed by atoms with Crippen molar-refractivity contribution in [2.24, 2.45) is 0 Å². The van der Waals surface area contributed by atoms with Crippen molar-refractivity contribution in [3.8, 4) is 0 Å². The minimum absolute atomic E-state index is 0. The van der Waals surface area contributed by atoms with Gasteiger partial charge in [0, 0.05) is 10.8 Å². The molecule has 0 aliphatic heterocycles. The number of carbonyl (C=O) groups is 2. The van der Waals surface area contributed by atoms with E-state index in [0.717, 1.165) is 10.8 Å². The minimum Gasteiger partial charge on any atom is -0.543 e. The standard InChI is InChI=1S/2C10H7NO2.Sc.Zr/c2*12-10(13)9-6-5-7-3-1-2-4-8(7)11-9;;/h2*1-6H,(H,12,13);;/q;;+3;+4/p-2. The molecule has 4 rings (SSSR count). The van der Waals surface area contributed by atoms with E-state index < -0.39 is 11.9 Å². The summed E-state index contributed by atoms with van der Waals surface area (Å²) in [6.45, 7) is 0. The third kappa shape index (κ3) is 5.98. The summed E-state index contributed by atoms with van der Waals surface area (Å²) in [6.07, 6.45) is 0. The van der Waals surface area contributed by atoms with Gasteiger partial charge in [0.1, 0.15) is 0 Å². The first-order valence-corrected chi connectivity index (χ1v) is 7.69. The predicted molar refractivity (Wildman–Crippen MR) is 92.1 cm³/mol. The van der Waals surface area contributed by atoms with Gasteiger partial charge in [-0.15, -0.1) is 0 Å². The van der Waals surface area contributed by atoms with E-state index in [9.17, 15) is 19.8 Å². The third-order valence-corrected chi connectivity index (χ3v) is 3.62. The molecule has 2 heterocycles. The summed E-state index contributed by atoms with van der Waals surface area (Å²) in [7, 11) is 0. The predicted octanol–water partition coefficient (Wildman–Crippen LogP) is 1.19. The van der Waals surface area contributed by atoms with Crippen LogP contribution in [0.5, 0.6) is 0 Å². The topological polar surface area (TPSA) is 106 Å². The van der Waals surface area contributed by atoms with Crippen LogP contribution >= 0.6 is 0 Å². The second kappa shape index (κ2) is 11.1. The van der Waals surface area contributed by atoms with Crippen molar-refractivity contribution in [3.63, 3.8) is 0 Å². The number of rotatable bonds is 2. The van der Waals surface area contributed by atoms with Crippen LogP contribution in [0.15, 0.2) is 72.8 Å². The first-order valence-electron chi connectivity index (χ1n) is 7.69. The molecule has 0 unspecified atom stereocenters. The largest absolute Gasteiger partial charge is 4.00 e. The van der Waals surface area contributed by atoms with Gasteiger partial charge in [0.25, 0.3) is 0 Å². The van der Waals surface area contributed by atoms with Crippen molar-refractivity contribution >= 4 is 33.7 Å². The van der Waals surface area contributed by atoms with Crippen LogP contribution in [-0.4, -0.2) is 21.9 Å². The summed E-state index contributed by atoms with van der Waals surface area (Å²) in [6, 6.07) is 21.0. The summed E-state index contributed by atoms with van der Waals surface area (Å²) < 4.78 is 0. The van der Waals surface area contributed by atoms with E-state index >= 15 is 0 Å². The molecule has 0 bridgehead atoms. The smallest absolute Gasteiger partial charge is 0.543 e. The molecule has 4 aromatic rings. The summed E-state index contributed by atoms with van der Waals surface area (Å²) in [5.74, 6) is -2.49. The molecule has 28 heavy (non-hydrogen) atoms. The average molecular weight is 481 g/mol. The van der Waals surface area contributed by atoms with Gasteiger partial charge in [-0.3, -0.25) is 0 Å². The van der Waals surface area contributed by atoms with Gasteiger partial charge in [0.2, 0.25) is 0 Å². The van der Waals surface area contributed by atoms with Crippen molar-refractivity contribution in [1.29, 1.82) is 0 Å². The van der Waals surface area contributed by atoms with Crippen molar-refractivity contribution in [2.45, 2.75) is 0 Å². The van der Waals surface area contributed by atoms with Gasteiger partial charge in [0.15, 0.2) is 0 Å². The zero-order valence-corrected chi connectivity index (χ0v) is 18.8. The Bertz CT molecular complexity index is 1030. The van der Waals surface area contributed by atoms with Gasteiger partial charge in [-0.1, -0.05) is 48.5 Å². The number of fused-ring (bicyclic) bond motifs is 2. The fraction of sp³-hybridized carbons (Fsp3) is 0. The van der Waals surface area contributed by atoms with Gasteiger partial charge in [-0.2, -0.15) is 0 Å². The van der Waals surface area contributed by atoms with E-state index in [1.54, 1.807) is 24.3 Å². The maximum atomic E-state index is 10.5. The Kier molecular flexibility index (Phi) is 9.49. The molecular formula is C20H12N2O4ScZr+5. The van der Waals surface area contributed by atoms with Crippen LogP contribution in [-0.2, 0) is 52.0 Å². The van der Waals surface area contributed by atoms with Crippen molar-refractivity contribution < 1.29 is 71.8 Å². The summed E-state index contributed by atoms with van der Waals surface area (Å²) >= 11 is 0. The number of pyridine rings is 2. The Morgan fingerprint density at radius 2 is 0.964 bits per heavy atom. The Balaban J connectivity index is 0.000000261. The van der Waals surface area contributed by atoms with Gasteiger partial charge in [-0.25, -0.2) is 9.97 Å². The molecule has 0 amide bonds. The van der Waals surface area contributed by atoms with Gasteiger partial charge in [-0.05, 0) is 24.3 Å². The molecule has 0 aliphatic carbocycles. The number of benzene rings is 2. The third-order valence-electron chi connectivity index (χ3n) is 3.62. The molecule has 0 saturated heterocycles. The molecule has 8 heteroatoms. The molecule has 2 aromatic carbocycles. The second-order valence-electron chi connectivity index (χ2n) is 5.35. The SMILES string of the molecule is O=C([O-])c1ccc2ccccc2n1.O=C([O-])c1ccc2ccccc2n1.[Sc+3].[Zr+4]. The number of nitrogens with zero attached hydrogens (tertiary/aromatic N) is 2. The van der Waals surface area contributed by atoms with Crippen LogP contribution in [0.4, 0.5) is 0 Å². The first-order chi connectivity index (χ1) is 12.5.